The molecule has 0 heterocycles. The molecule has 1 aliphatic rings. The van der Waals surface area contributed by atoms with E-state index in [0.717, 1.165) is 12.3 Å². The highest BCUT2D eigenvalue weighted by Crippen LogP contribution is 2.33. The van der Waals surface area contributed by atoms with Gasteiger partial charge in [-0.15, -0.1) is 0 Å². The summed E-state index contributed by atoms with van der Waals surface area (Å²) in [7, 11) is 3.60. The van der Waals surface area contributed by atoms with E-state index < -0.39 is 0 Å². The van der Waals surface area contributed by atoms with E-state index in [1.807, 2.05) is 0 Å². The lowest BCUT2D eigenvalue weighted by atomic mass is 9.74. The van der Waals surface area contributed by atoms with Crippen LogP contribution in [0.1, 0.15) is 40.0 Å². The standard InChI is InChI=1S/C13H26N2O/c1-9(2)11-7-6-10(3)8-12(11)14-13(16)15(4)5/h9-12H,6-8H2,1-5H3,(H,14,16)/t10-,11+,12-/m1/s1. The number of carbonyl (C=O) groups is 1. The van der Waals surface area contributed by atoms with Crippen molar-refractivity contribution in [3.8, 4) is 0 Å². The van der Waals surface area contributed by atoms with Crippen molar-refractivity contribution in [3.63, 3.8) is 0 Å². The van der Waals surface area contributed by atoms with E-state index in [0.29, 0.717) is 17.9 Å². The Kier molecular flexibility index (Phi) is 4.63. The van der Waals surface area contributed by atoms with Gasteiger partial charge >= 0.3 is 6.03 Å². The molecule has 0 aromatic heterocycles. The highest BCUT2D eigenvalue weighted by molar-refractivity contribution is 5.73. The van der Waals surface area contributed by atoms with Crippen LogP contribution in [0.2, 0.25) is 0 Å². The van der Waals surface area contributed by atoms with Gasteiger partial charge in [-0.3, -0.25) is 0 Å². The average Bonchev–Trinajstić information content (AvgIpc) is 2.16. The van der Waals surface area contributed by atoms with Gasteiger partial charge in [0.05, 0.1) is 0 Å². The molecule has 0 spiro atoms. The molecule has 1 fully saturated rings. The third kappa shape index (κ3) is 3.39. The maximum absolute atomic E-state index is 11.7. The zero-order valence-electron chi connectivity index (χ0n) is 11.3. The van der Waals surface area contributed by atoms with E-state index in [2.05, 4.69) is 26.1 Å². The predicted molar refractivity (Wildman–Crippen MR) is 67.3 cm³/mol. The molecule has 1 aliphatic carbocycles. The third-order valence-corrected chi connectivity index (χ3v) is 3.74. The fourth-order valence-corrected chi connectivity index (χ4v) is 2.66. The third-order valence-electron chi connectivity index (χ3n) is 3.74. The molecule has 0 aromatic rings. The first-order chi connectivity index (χ1) is 7.41. The largest absolute Gasteiger partial charge is 0.335 e. The Morgan fingerprint density at radius 1 is 1.31 bits per heavy atom. The Balaban J connectivity index is 2.61. The molecule has 1 rings (SSSR count). The number of nitrogens with zero attached hydrogens (tertiary/aromatic N) is 1. The lowest BCUT2D eigenvalue weighted by Crippen LogP contribution is -2.48. The van der Waals surface area contributed by atoms with Crippen molar-refractivity contribution in [2.24, 2.45) is 17.8 Å². The Morgan fingerprint density at radius 2 is 1.94 bits per heavy atom. The summed E-state index contributed by atoms with van der Waals surface area (Å²) in [5.74, 6) is 2.03. The van der Waals surface area contributed by atoms with Gasteiger partial charge in [0.25, 0.3) is 0 Å². The number of carbonyl (C=O) groups excluding carboxylic acids is 1. The summed E-state index contributed by atoms with van der Waals surface area (Å²) in [4.78, 5) is 13.3. The predicted octanol–water partition coefficient (Wildman–Crippen LogP) is 2.72. The lowest BCUT2D eigenvalue weighted by Gasteiger charge is -2.38. The molecular weight excluding hydrogens is 200 g/mol. The number of hydrogen-bond acceptors (Lipinski definition) is 1. The van der Waals surface area contributed by atoms with Crippen LogP contribution in [0.25, 0.3) is 0 Å². The second-order valence-corrected chi connectivity index (χ2v) is 5.78. The topological polar surface area (TPSA) is 32.3 Å². The number of rotatable bonds is 2. The molecule has 3 heteroatoms. The molecule has 0 bridgehead atoms. The van der Waals surface area contributed by atoms with Gasteiger partial charge in [0.1, 0.15) is 0 Å². The van der Waals surface area contributed by atoms with Crippen LogP contribution in [-0.4, -0.2) is 31.1 Å². The van der Waals surface area contributed by atoms with Crippen LogP contribution in [0.15, 0.2) is 0 Å². The molecule has 16 heavy (non-hydrogen) atoms. The smallest absolute Gasteiger partial charge is 0.317 e. The van der Waals surface area contributed by atoms with Crippen LogP contribution < -0.4 is 5.32 Å². The fourth-order valence-electron chi connectivity index (χ4n) is 2.66. The van der Waals surface area contributed by atoms with E-state index in [1.165, 1.54) is 12.8 Å². The summed E-state index contributed by atoms with van der Waals surface area (Å²) >= 11 is 0. The van der Waals surface area contributed by atoms with Crippen LogP contribution in [0, 0.1) is 17.8 Å². The molecule has 0 radical (unpaired) electrons. The van der Waals surface area contributed by atoms with Gasteiger partial charge < -0.3 is 10.2 Å². The van der Waals surface area contributed by atoms with Crippen LogP contribution in [-0.2, 0) is 0 Å². The summed E-state index contributed by atoms with van der Waals surface area (Å²) in [5, 5.41) is 3.17. The van der Waals surface area contributed by atoms with Gasteiger partial charge in [0, 0.05) is 20.1 Å². The summed E-state index contributed by atoms with van der Waals surface area (Å²) in [5.41, 5.74) is 0. The van der Waals surface area contributed by atoms with Crippen molar-refractivity contribution in [1.82, 2.24) is 10.2 Å². The van der Waals surface area contributed by atoms with Gasteiger partial charge in [0.2, 0.25) is 0 Å². The molecule has 0 unspecified atom stereocenters. The first-order valence-corrected chi connectivity index (χ1v) is 6.39. The molecule has 3 atom stereocenters. The van der Waals surface area contributed by atoms with Crippen molar-refractivity contribution in [2.75, 3.05) is 14.1 Å². The summed E-state index contributed by atoms with van der Waals surface area (Å²) < 4.78 is 0. The van der Waals surface area contributed by atoms with Crippen LogP contribution in [0.3, 0.4) is 0 Å². The lowest BCUT2D eigenvalue weighted by molar-refractivity contribution is 0.159. The maximum Gasteiger partial charge on any atom is 0.317 e. The van der Waals surface area contributed by atoms with Crippen molar-refractivity contribution in [1.29, 1.82) is 0 Å². The second kappa shape index (κ2) is 5.55. The first kappa shape index (κ1) is 13.3. The molecule has 1 N–H and O–H groups in total. The van der Waals surface area contributed by atoms with Gasteiger partial charge in [-0.2, -0.15) is 0 Å². The van der Waals surface area contributed by atoms with E-state index in [1.54, 1.807) is 19.0 Å². The van der Waals surface area contributed by atoms with Gasteiger partial charge in [-0.1, -0.05) is 27.2 Å². The fraction of sp³-hybridized carbons (Fsp3) is 0.923. The van der Waals surface area contributed by atoms with E-state index in [-0.39, 0.29) is 6.03 Å². The Labute approximate surface area is 99.6 Å². The van der Waals surface area contributed by atoms with E-state index in [4.69, 9.17) is 0 Å². The Morgan fingerprint density at radius 3 is 2.44 bits per heavy atom. The highest BCUT2D eigenvalue weighted by Gasteiger charge is 2.31. The highest BCUT2D eigenvalue weighted by atomic mass is 16.2. The van der Waals surface area contributed by atoms with Crippen LogP contribution in [0.5, 0.6) is 0 Å². The minimum absolute atomic E-state index is 0.0461. The van der Waals surface area contributed by atoms with E-state index in [9.17, 15) is 4.79 Å². The van der Waals surface area contributed by atoms with Crippen molar-refractivity contribution < 1.29 is 4.79 Å². The average molecular weight is 226 g/mol. The molecule has 0 saturated heterocycles. The number of hydrogen-bond donors (Lipinski definition) is 1. The first-order valence-electron chi connectivity index (χ1n) is 6.39. The quantitative estimate of drug-likeness (QED) is 0.771. The van der Waals surface area contributed by atoms with Crippen molar-refractivity contribution in [3.05, 3.63) is 0 Å². The molecule has 1 saturated carbocycles. The molecule has 94 valence electrons. The summed E-state index contributed by atoms with van der Waals surface area (Å²) in [6.07, 6.45) is 3.68. The zero-order valence-corrected chi connectivity index (χ0v) is 11.3. The monoisotopic (exact) mass is 226 g/mol. The Hall–Kier alpha value is -0.730. The maximum atomic E-state index is 11.7. The van der Waals surface area contributed by atoms with Crippen LogP contribution in [0.4, 0.5) is 4.79 Å². The summed E-state index contributed by atoms with van der Waals surface area (Å²) in [6, 6.07) is 0.406. The molecule has 0 aromatic carbocycles. The Bertz CT molecular complexity index is 238. The molecule has 2 amide bonds. The normalized spacial score (nSPS) is 30.2. The zero-order chi connectivity index (χ0) is 12.3. The summed E-state index contributed by atoms with van der Waals surface area (Å²) in [6.45, 7) is 6.80. The SMILES string of the molecule is CC(C)[C@@H]1CC[C@@H](C)C[C@H]1NC(=O)N(C)C. The van der Waals surface area contributed by atoms with Crippen LogP contribution >= 0.6 is 0 Å². The number of urea groups is 1. The van der Waals surface area contributed by atoms with Gasteiger partial charge in [0.15, 0.2) is 0 Å². The number of nitrogens with one attached hydrogen (secondary N) is 1. The molecular formula is C13H26N2O. The molecule has 0 aliphatic heterocycles. The van der Waals surface area contributed by atoms with Crippen molar-refractivity contribution >= 4 is 6.03 Å². The number of amides is 2. The van der Waals surface area contributed by atoms with E-state index >= 15 is 0 Å². The minimum Gasteiger partial charge on any atom is -0.335 e. The molecule has 3 nitrogen and oxygen atoms in total. The van der Waals surface area contributed by atoms with Crippen molar-refractivity contribution in [2.45, 2.75) is 46.1 Å². The minimum atomic E-state index is 0.0461. The van der Waals surface area contributed by atoms with Gasteiger partial charge in [-0.05, 0) is 30.6 Å². The second-order valence-electron chi connectivity index (χ2n) is 5.78. The van der Waals surface area contributed by atoms with Gasteiger partial charge in [-0.25, -0.2) is 4.79 Å².